The third-order valence-corrected chi connectivity index (χ3v) is 8.29. The first-order chi connectivity index (χ1) is 18.7. The molecule has 0 aromatic heterocycles. The van der Waals surface area contributed by atoms with Gasteiger partial charge in [-0.1, -0.05) is 181 Å². The van der Waals surface area contributed by atoms with Gasteiger partial charge in [0.1, 0.15) is 0 Å². The molecule has 0 rings (SSSR count). The number of carbonyl (C=O) groups is 1. The molecule has 0 saturated carbocycles. The number of carboxylic acids is 1. The molecular formula is C35H70LiNO2. The standard InChI is InChI=1S/C35H71NO2.Li/c1-3-5-7-9-11-13-15-17-19-21-23-25-27-29-32-36(34-31-35(37)38)33-30-28-26-24-22-20-18-16-14-12-10-8-6-4-2;/h3-34H2,1-2H3,(H,37,38);/q;+1/p-1. The second-order valence-electron chi connectivity index (χ2n) is 12.2. The minimum Gasteiger partial charge on any atom is -0.550 e. The third-order valence-electron chi connectivity index (χ3n) is 8.29. The Morgan fingerprint density at radius 1 is 0.410 bits per heavy atom. The first-order valence-electron chi connectivity index (χ1n) is 17.6. The first kappa shape index (κ1) is 41.2. The Morgan fingerprint density at radius 2 is 0.641 bits per heavy atom. The number of nitrogens with zero attached hydrogens (tertiary/aromatic N) is 1. The zero-order chi connectivity index (χ0) is 27.8. The minimum absolute atomic E-state index is 0. The van der Waals surface area contributed by atoms with Crippen LogP contribution in [0.3, 0.4) is 0 Å². The average molecular weight is 544 g/mol. The number of carbonyl (C=O) groups excluding carboxylic acids is 1. The van der Waals surface area contributed by atoms with Crippen molar-refractivity contribution in [2.45, 2.75) is 200 Å². The molecule has 39 heavy (non-hydrogen) atoms. The molecule has 0 saturated heterocycles. The summed E-state index contributed by atoms with van der Waals surface area (Å²) in [5.74, 6) is -0.906. The van der Waals surface area contributed by atoms with Gasteiger partial charge in [-0.25, -0.2) is 0 Å². The SMILES string of the molecule is CCCCCCCCCCCCCCCCN(CCCCCCCCCCCCCCCC)CCC(=O)[O-].[Li+]. The van der Waals surface area contributed by atoms with Crippen molar-refractivity contribution in [2.24, 2.45) is 0 Å². The van der Waals surface area contributed by atoms with Crippen molar-refractivity contribution in [3.8, 4) is 0 Å². The van der Waals surface area contributed by atoms with E-state index in [1.165, 1.54) is 180 Å². The Balaban J connectivity index is 0. The summed E-state index contributed by atoms with van der Waals surface area (Å²) in [5, 5.41) is 11.0. The predicted octanol–water partition coefficient (Wildman–Crippen LogP) is 7.40. The maximum atomic E-state index is 11.0. The fourth-order valence-corrected chi connectivity index (χ4v) is 5.64. The average Bonchev–Trinajstić information content (AvgIpc) is 2.91. The van der Waals surface area contributed by atoms with E-state index in [1.807, 2.05) is 0 Å². The molecule has 0 aromatic rings. The monoisotopic (exact) mass is 544 g/mol. The van der Waals surface area contributed by atoms with Gasteiger partial charge in [0.05, 0.1) is 0 Å². The Morgan fingerprint density at radius 3 is 0.872 bits per heavy atom. The molecule has 0 N–H and O–H groups in total. The summed E-state index contributed by atoms with van der Waals surface area (Å²) in [7, 11) is 0. The normalized spacial score (nSPS) is 11.3. The van der Waals surface area contributed by atoms with E-state index in [0.717, 1.165) is 13.1 Å². The van der Waals surface area contributed by atoms with Crippen molar-refractivity contribution < 1.29 is 28.8 Å². The minimum atomic E-state index is -0.906. The van der Waals surface area contributed by atoms with Crippen LogP contribution in [-0.4, -0.2) is 30.5 Å². The number of carboxylic acid groups (broad SMARTS) is 1. The molecular weight excluding hydrogens is 473 g/mol. The van der Waals surface area contributed by atoms with Gasteiger partial charge in [-0.05, 0) is 32.4 Å². The Labute approximate surface area is 258 Å². The van der Waals surface area contributed by atoms with E-state index in [1.54, 1.807) is 0 Å². The fraction of sp³-hybridized carbons (Fsp3) is 0.971. The zero-order valence-electron chi connectivity index (χ0n) is 27.4. The zero-order valence-corrected chi connectivity index (χ0v) is 27.4. The molecule has 0 unspecified atom stereocenters. The van der Waals surface area contributed by atoms with Crippen molar-refractivity contribution in [1.82, 2.24) is 4.90 Å². The summed E-state index contributed by atoms with van der Waals surface area (Å²) in [6, 6.07) is 0. The third kappa shape index (κ3) is 36.0. The molecule has 3 nitrogen and oxygen atoms in total. The Kier molecular flexibility index (Phi) is 38.1. The summed E-state index contributed by atoms with van der Waals surface area (Å²) in [5.41, 5.74) is 0. The van der Waals surface area contributed by atoms with E-state index in [9.17, 15) is 9.90 Å². The van der Waals surface area contributed by atoms with E-state index in [2.05, 4.69) is 18.7 Å². The van der Waals surface area contributed by atoms with E-state index >= 15 is 0 Å². The molecule has 0 amide bonds. The van der Waals surface area contributed by atoms with Crippen molar-refractivity contribution in [2.75, 3.05) is 19.6 Å². The van der Waals surface area contributed by atoms with Gasteiger partial charge in [0.25, 0.3) is 0 Å². The van der Waals surface area contributed by atoms with Crippen molar-refractivity contribution in [3.63, 3.8) is 0 Å². The summed E-state index contributed by atoms with van der Waals surface area (Å²) in [6.07, 6.45) is 38.9. The van der Waals surface area contributed by atoms with Gasteiger partial charge in [0, 0.05) is 12.5 Å². The Bertz CT molecular complexity index is 428. The van der Waals surface area contributed by atoms with E-state index in [0.29, 0.717) is 6.54 Å². The number of hydrogen-bond donors (Lipinski definition) is 0. The molecule has 0 aliphatic carbocycles. The topological polar surface area (TPSA) is 43.4 Å². The van der Waals surface area contributed by atoms with Gasteiger partial charge in [0.2, 0.25) is 0 Å². The second kappa shape index (κ2) is 36.1. The van der Waals surface area contributed by atoms with Crippen LogP contribution >= 0.6 is 0 Å². The van der Waals surface area contributed by atoms with Gasteiger partial charge < -0.3 is 14.8 Å². The van der Waals surface area contributed by atoms with Gasteiger partial charge in [-0.2, -0.15) is 0 Å². The van der Waals surface area contributed by atoms with E-state index < -0.39 is 5.97 Å². The van der Waals surface area contributed by atoms with E-state index in [-0.39, 0.29) is 25.3 Å². The quantitative estimate of drug-likeness (QED) is 0.0640. The first-order valence-corrected chi connectivity index (χ1v) is 17.6. The molecule has 4 heteroatoms. The molecule has 228 valence electrons. The van der Waals surface area contributed by atoms with Crippen LogP contribution in [0.5, 0.6) is 0 Å². The van der Waals surface area contributed by atoms with Gasteiger partial charge in [0.15, 0.2) is 0 Å². The summed E-state index contributed by atoms with van der Waals surface area (Å²) < 4.78 is 0. The van der Waals surface area contributed by atoms with Gasteiger partial charge in [-0.3, -0.25) is 0 Å². The summed E-state index contributed by atoms with van der Waals surface area (Å²) >= 11 is 0. The van der Waals surface area contributed by atoms with Crippen molar-refractivity contribution in [3.05, 3.63) is 0 Å². The van der Waals surface area contributed by atoms with Crippen LogP contribution in [0.4, 0.5) is 0 Å². The van der Waals surface area contributed by atoms with Crippen LogP contribution in [0.15, 0.2) is 0 Å². The molecule has 0 aromatic carbocycles. The van der Waals surface area contributed by atoms with E-state index in [4.69, 9.17) is 0 Å². The molecule has 0 aliphatic rings. The molecule has 0 fully saturated rings. The van der Waals surface area contributed by atoms with Crippen LogP contribution < -0.4 is 24.0 Å². The molecule has 0 aliphatic heterocycles. The van der Waals surface area contributed by atoms with Crippen molar-refractivity contribution in [1.29, 1.82) is 0 Å². The smallest absolute Gasteiger partial charge is 0.550 e. The van der Waals surface area contributed by atoms with Crippen LogP contribution in [0.25, 0.3) is 0 Å². The van der Waals surface area contributed by atoms with Gasteiger partial charge >= 0.3 is 18.9 Å². The van der Waals surface area contributed by atoms with Crippen LogP contribution in [0.2, 0.25) is 0 Å². The van der Waals surface area contributed by atoms with Crippen LogP contribution in [0.1, 0.15) is 200 Å². The van der Waals surface area contributed by atoms with Crippen LogP contribution in [-0.2, 0) is 4.79 Å². The molecule has 0 radical (unpaired) electrons. The fourth-order valence-electron chi connectivity index (χ4n) is 5.64. The second-order valence-corrected chi connectivity index (χ2v) is 12.2. The molecule has 0 bridgehead atoms. The number of unbranched alkanes of at least 4 members (excludes halogenated alkanes) is 26. The predicted molar refractivity (Wildman–Crippen MR) is 167 cm³/mol. The Hall–Kier alpha value is 0.0274. The molecule has 0 heterocycles. The van der Waals surface area contributed by atoms with Crippen LogP contribution in [0, 0.1) is 0 Å². The number of hydrogen-bond acceptors (Lipinski definition) is 3. The van der Waals surface area contributed by atoms with Crippen molar-refractivity contribution >= 4 is 5.97 Å². The summed E-state index contributed by atoms with van der Waals surface area (Å²) in [4.78, 5) is 13.4. The van der Waals surface area contributed by atoms with Gasteiger partial charge in [-0.15, -0.1) is 0 Å². The summed E-state index contributed by atoms with van der Waals surface area (Å²) in [6.45, 7) is 7.36. The number of aliphatic carboxylic acids is 1. The largest absolute Gasteiger partial charge is 1.00 e. The molecule has 0 spiro atoms. The number of rotatable bonds is 33. The molecule has 0 atom stereocenters. The maximum Gasteiger partial charge on any atom is 1.00 e. The maximum absolute atomic E-state index is 11.0.